The van der Waals surface area contributed by atoms with E-state index in [4.69, 9.17) is 9.47 Å². The molecule has 0 radical (unpaired) electrons. The molecule has 0 fully saturated rings. The van der Waals surface area contributed by atoms with Gasteiger partial charge in [0, 0.05) is 13.6 Å². The maximum absolute atomic E-state index is 14.0. The van der Waals surface area contributed by atoms with E-state index in [1.54, 1.807) is 51.1 Å². The monoisotopic (exact) mass is 730 g/mol. The molecule has 2 rings (SSSR count). The van der Waals surface area contributed by atoms with Gasteiger partial charge < -0.3 is 30.3 Å². The van der Waals surface area contributed by atoms with Crippen molar-refractivity contribution in [3.8, 4) is 0 Å². The lowest BCUT2D eigenvalue weighted by Crippen LogP contribution is -2.56. The topological polar surface area (TPSA) is 126 Å². The number of carbonyl (C=O) groups is 4. The second-order valence-corrected chi connectivity index (χ2v) is 13.0. The summed E-state index contributed by atoms with van der Waals surface area (Å²) in [5.74, 6) is -1.03. The zero-order chi connectivity index (χ0) is 30.1. The minimum absolute atomic E-state index is 0.0185. The first kappa shape index (κ1) is 33.3. The lowest BCUT2D eigenvalue weighted by molar-refractivity contribution is -0.125. The van der Waals surface area contributed by atoms with Crippen molar-refractivity contribution >= 4 is 68.2 Å². The van der Waals surface area contributed by atoms with E-state index in [-0.39, 0.29) is 19.7 Å². The first-order valence-corrected chi connectivity index (χ1v) is 14.4. The average Bonchev–Trinajstić information content (AvgIpc) is 2.82. The molecular weight excluding hydrogens is 695 g/mol. The van der Waals surface area contributed by atoms with Crippen LogP contribution in [0.4, 0.5) is 15.3 Å². The zero-order valence-electron chi connectivity index (χ0n) is 23.5. The van der Waals surface area contributed by atoms with Crippen LogP contribution in [0.25, 0.3) is 0 Å². The normalized spacial score (nSPS) is 12.1. The van der Waals surface area contributed by atoms with Crippen LogP contribution in [0, 0.1) is 3.57 Å². The van der Waals surface area contributed by atoms with Crippen LogP contribution in [0.5, 0.6) is 0 Å². The zero-order valence-corrected chi connectivity index (χ0v) is 27.2. The molecular formula is C28H36BrIN4O6. The van der Waals surface area contributed by atoms with Crippen molar-refractivity contribution in [2.45, 2.75) is 65.3 Å². The Hall–Kier alpha value is -2.87. The van der Waals surface area contributed by atoms with Gasteiger partial charge in [0.1, 0.15) is 24.8 Å². The molecule has 12 heteroatoms. The van der Waals surface area contributed by atoms with Crippen molar-refractivity contribution in [1.29, 1.82) is 0 Å². The SMILES string of the molecule is CC(C)(C)NC(=O)CN(C(=O)[C@H](CNC(=O)OC(C)(C)C)NC(=O)OCc1ccccc1)c1ccc(Br)cc1I. The van der Waals surface area contributed by atoms with Gasteiger partial charge in [-0.15, -0.1) is 0 Å². The largest absolute Gasteiger partial charge is 0.445 e. The molecule has 0 bridgehead atoms. The van der Waals surface area contributed by atoms with Crippen molar-refractivity contribution in [2.24, 2.45) is 0 Å². The third-order valence-electron chi connectivity index (χ3n) is 4.94. The number of hydrogen-bond acceptors (Lipinski definition) is 6. The molecule has 2 aromatic carbocycles. The van der Waals surface area contributed by atoms with Crippen molar-refractivity contribution in [3.63, 3.8) is 0 Å². The summed E-state index contributed by atoms with van der Waals surface area (Å²) in [6.07, 6.45) is -1.63. The van der Waals surface area contributed by atoms with E-state index in [9.17, 15) is 19.2 Å². The number of halogens is 2. The molecule has 0 aliphatic rings. The molecule has 0 unspecified atom stereocenters. The first-order valence-electron chi connectivity index (χ1n) is 12.6. The number of nitrogens with one attached hydrogen (secondary N) is 3. The number of nitrogens with zero attached hydrogens (tertiary/aromatic N) is 1. The summed E-state index contributed by atoms with van der Waals surface area (Å²) in [7, 11) is 0. The molecule has 0 saturated carbocycles. The number of alkyl carbamates (subject to hydrolysis) is 2. The number of carbonyl (C=O) groups excluding carboxylic acids is 4. The molecule has 0 saturated heterocycles. The van der Waals surface area contributed by atoms with Gasteiger partial charge in [-0.05, 0) is 87.9 Å². The highest BCUT2D eigenvalue weighted by Gasteiger charge is 2.32. The number of anilines is 1. The first-order chi connectivity index (χ1) is 18.5. The van der Waals surface area contributed by atoms with Crippen LogP contribution >= 0.6 is 38.5 Å². The fourth-order valence-electron chi connectivity index (χ4n) is 3.38. The second-order valence-electron chi connectivity index (χ2n) is 11.0. The fraction of sp³-hybridized carbons (Fsp3) is 0.429. The lowest BCUT2D eigenvalue weighted by Gasteiger charge is -2.30. The molecule has 0 aliphatic carbocycles. The highest BCUT2D eigenvalue weighted by Crippen LogP contribution is 2.27. The summed E-state index contributed by atoms with van der Waals surface area (Å²) >= 11 is 5.48. The smallest absolute Gasteiger partial charge is 0.408 e. The van der Waals surface area contributed by atoms with Crippen LogP contribution in [0.15, 0.2) is 53.0 Å². The molecule has 2 aromatic rings. The Labute approximate surface area is 257 Å². The predicted molar refractivity (Wildman–Crippen MR) is 165 cm³/mol. The number of benzene rings is 2. The van der Waals surface area contributed by atoms with Crippen LogP contribution in [0.2, 0.25) is 0 Å². The molecule has 4 amide bonds. The van der Waals surface area contributed by atoms with Gasteiger partial charge in [-0.2, -0.15) is 0 Å². The average molecular weight is 731 g/mol. The number of amides is 4. The highest BCUT2D eigenvalue weighted by molar-refractivity contribution is 14.1. The molecule has 0 heterocycles. The minimum Gasteiger partial charge on any atom is -0.445 e. The Morgan fingerprint density at radius 3 is 2.20 bits per heavy atom. The van der Waals surface area contributed by atoms with E-state index in [2.05, 4.69) is 54.5 Å². The van der Waals surface area contributed by atoms with Crippen molar-refractivity contribution in [2.75, 3.05) is 18.0 Å². The molecule has 0 spiro atoms. The van der Waals surface area contributed by atoms with Crippen molar-refractivity contribution in [3.05, 3.63) is 62.1 Å². The van der Waals surface area contributed by atoms with Gasteiger partial charge in [0.15, 0.2) is 0 Å². The second kappa shape index (κ2) is 14.7. The molecule has 1 atom stereocenters. The summed E-state index contributed by atoms with van der Waals surface area (Å²) in [5.41, 5.74) is -0.0802. The quantitative estimate of drug-likeness (QED) is 0.308. The Bertz CT molecular complexity index is 1200. The van der Waals surface area contributed by atoms with E-state index in [0.29, 0.717) is 9.26 Å². The van der Waals surface area contributed by atoms with E-state index in [1.165, 1.54) is 4.90 Å². The maximum atomic E-state index is 14.0. The van der Waals surface area contributed by atoms with Crippen LogP contribution in [0.1, 0.15) is 47.1 Å². The fourth-order valence-corrected chi connectivity index (χ4v) is 4.97. The molecule has 0 aliphatic heterocycles. The lowest BCUT2D eigenvalue weighted by atomic mass is 10.1. The molecule has 3 N–H and O–H groups in total. The van der Waals surface area contributed by atoms with Crippen LogP contribution in [-0.4, -0.2) is 54.3 Å². The third kappa shape index (κ3) is 12.1. The molecule has 10 nitrogen and oxygen atoms in total. The van der Waals surface area contributed by atoms with Gasteiger partial charge >= 0.3 is 12.2 Å². The summed E-state index contributed by atoms with van der Waals surface area (Å²) in [4.78, 5) is 53.3. The minimum atomic E-state index is -1.28. The van der Waals surface area contributed by atoms with Gasteiger partial charge in [0.25, 0.3) is 5.91 Å². The van der Waals surface area contributed by atoms with Crippen LogP contribution in [0.3, 0.4) is 0 Å². The van der Waals surface area contributed by atoms with Crippen LogP contribution in [-0.2, 0) is 25.7 Å². The Morgan fingerprint density at radius 2 is 1.62 bits per heavy atom. The number of rotatable bonds is 9. The molecule has 40 heavy (non-hydrogen) atoms. The summed E-state index contributed by atoms with van der Waals surface area (Å²) in [5, 5.41) is 7.93. The van der Waals surface area contributed by atoms with E-state index in [0.717, 1.165) is 10.0 Å². The Balaban J connectivity index is 2.34. The standard InChI is InChI=1S/C28H36BrIN4O6/c1-27(2,3)33-23(35)16-34(22-13-12-19(29)14-20(22)30)24(36)21(15-31-25(37)40-28(4,5)6)32-26(38)39-17-18-10-8-7-9-11-18/h7-14,21H,15-17H2,1-6H3,(H,31,37)(H,32,38)(H,33,35)/t21-/m0/s1. The van der Waals surface area contributed by atoms with Gasteiger partial charge in [-0.3, -0.25) is 9.59 Å². The predicted octanol–water partition coefficient (Wildman–Crippen LogP) is 5.12. The van der Waals surface area contributed by atoms with Gasteiger partial charge in [0.2, 0.25) is 5.91 Å². The Morgan fingerprint density at radius 1 is 0.975 bits per heavy atom. The van der Waals surface area contributed by atoms with Gasteiger partial charge in [-0.1, -0.05) is 46.3 Å². The van der Waals surface area contributed by atoms with E-state index in [1.807, 2.05) is 39.0 Å². The Kier molecular flexibility index (Phi) is 12.2. The number of ether oxygens (including phenoxy) is 2. The van der Waals surface area contributed by atoms with Crippen molar-refractivity contribution in [1.82, 2.24) is 16.0 Å². The van der Waals surface area contributed by atoms with Crippen molar-refractivity contribution < 1.29 is 28.7 Å². The summed E-state index contributed by atoms with van der Waals surface area (Å²) in [6.45, 7) is 9.97. The maximum Gasteiger partial charge on any atom is 0.408 e. The number of hydrogen-bond donors (Lipinski definition) is 3. The van der Waals surface area contributed by atoms with Gasteiger partial charge in [-0.25, -0.2) is 9.59 Å². The highest BCUT2D eigenvalue weighted by atomic mass is 127. The van der Waals surface area contributed by atoms with Crippen LogP contribution < -0.4 is 20.9 Å². The van der Waals surface area contributed by atoms with E-state index >= 15 is 0 Å². The molecule has 218 valence electrons. The van der Waals surface area contributed by atoms with Gasteiger partial charge in [0.05, 0.1) is 12.2 Å². The third-order valence-corrected chi connectivity index (χ3v) is 6.29. The van der Waals surface area contributed by atoms with E-state index < -0.39 is 41.2 Å². The summed E-state index contributed by atoms with van der Waals surface area (Å²) < 4.78 is 12.1. The molecule has 0 aromatic heterocycles. The summed E-state index contributed by atoms with van der Waals surface area (Å²) in [6, 6.07) is 13.0.